The Labute approximate surface area is 238 Å². The molecule has 1 saturated carbocycles. The maximum Gasteiger partial charge on any atom is 0.416 e. The van der Waals surface area contributed by atoms with E-state index in [4.69, 9.17) is 0 Å². The molecule has 3 heterocycles. The molecule has 0 spiro atoms. The molecule has 1 fully saturated rings. The van der Waals surface area contributed by atoms with E-state index in [1.807, 2.05) is 19.9 Å². The number of halogens is 3. The number of pyridine rings is 1. The number of anilines is 2. The van der Waals surface area contributed by atoms with Gasteiger partial charge in [0.1, 0.15) is 22.4 Å². The van der Waals surface area contributed by atoms with E-state index in [0.29, 0.717) is 33.8 Å². The van der Waals surface area contributed by atoms with Crippen LogP contribution in [0.15, 0.2) is 42.7 Å². The lowest BCUT2D eigenvalue weighted by Gasteiger charge is -2.31. The first-order valence-electron chi connectivity index (χ1n) is 13.1. The second kappa shape index (κ2) is 10.8. The lowest BCUT2D eigenvalue weighted by atomic mass is 9.84. The van der Waals surface area contributed by atoms with Gasteiger partial charge in [0.05, 0.1) is 27.7 Å². The van der Waals surface area contributed by atoms with Crippen LogP contribution in [0.1, 0.15) is 43.5 Å². The Bertz CT molecular complexity index is 1530. The van der Waals surface area contributed by atoms with Crippen LogP contribution in [0.5, 0.6) is 0 Å². The zero-order valence-electron chi connectivity index (χ0n) is 22.7. The number of aryl methyl sites for hydroxylation is 1. The van der Waals surface area contributed by atoms with Gasteiger partial charge < -0.3 is 26.0 Å². The fraction of sp³-hybridized carbons (Fsp3) is 0.429. The van der Waals surface area contributed by atoms with E-state index in [9.17, 15) is 28.5 Å². The molecule has 9 nitrogen and oxygen atoms in total. The Morgan fingerprint density at radius 2 is 1.88 bits per heavy atom. The van der Waals surface area contributed by atoms with Crippen molar-refractivity contribution < 1.29 is 28.5 Å². The largest absolute Gasteiger partial charge is 0.416 e. The van der Waals surface area contributed by atoms with Gasteiger partial charge in [-0.3, -0.25) is 4.98 Å². The summed E-state index contributed by atoms with van der Waals surface area (Å²) in [7, 11) is 0. The molecule has 1 aliphatic carbocycles. The standard InChI is InChI=1S/C28H31F3N6O3S/c1-15-21(24-35-19-12-32-10-8-20(19)41-24)23(37-27(40)9-7-16(13-38)22(27)39)36-25(34-15)33-14-26(2,3)17-5-4-6-18(11-17)28(29,30)31/h4-6,8,10-12,16,22,38-40H,7,9,13-14H2,1-3H3,(H2,33,34,36,37)/t16-,22-,27+/m1/s1. The molecule has 0 radical (unpaired) electrons. The summed E-state index contributed by atoms with van der Waals surface area (Å²) < 4.78 is 40.8. The molecule has 0 amide bonds. The highest BCUT2D eigenvalue weighted by Gasteiger charge is 2.47. The number of fused-ring (bicyclic) bond motifs is 1. The third-order valence-corrected chi connectivity index (χ3v) is 8.61. The molecule has 13 heteroatoms. The molecule has 1 aromatic carbocycles. The van der Waals surface area contributed by atoms with Crippen molar-refractivity contribution in [3.05, 3.63) is 59.5 Å². The minimum Gasteiger partial charge on any atom is -0.396 e. The molecule has 41 heavy (non-hydrogen) atoms. The molecule has 1 aliphatic rings. The first-order chi connectivity index (χ1) is 19.3. The third kappa shape index (κ3) is 5.85. The van der Waals surface area contributed by atoms with Crippen LogP contribution in [0.4, 0.5) is 24.9 Å². The highest BCUT2D eigenvalue weighted by Crippen LogP contribution is 2.41. The van der Waals surface area contributed by atoms with Gasteiger partial charge in [-0.15, -0.1) is 11.3 Å². The van der Waals surface area contributed by atoms with Gasteiger partial charge in [0.15, 0.2) is 5.72 Å². The van der Waals surface area contributed by atoms with Crippen LogP contribution in [0.2, 0.25) is 0 Å². The summed E-state index contributed by atoms with van der Waals surface area (Å²) >= 11 is 1.40. The van der Waals surface area contributed by atoms with E-state index in [2.05, 4.69) is 30.6 Å². The Morgan fingerprint density at radius 3 is 2.56 bits per heavy atom. The van der Waals surface area contributed by atoms with Crippen molar-refractivity contribution in [3.8, 4) is 10.6 Å². The van der Waals surface area contributed by atoms with Crippen molar-refractivity contribution in [1.29, 1.82) is 0 Å². The zero-order valence-corrected chi connectivity index (χ0v) is 23.5. The fourth-order valence-electron chi connectivity index (χ4n) is 5.04. The SMILES string of the molecule is Cc1nc(NCC(C)(C)c2cccc(C(F)(F)F)c2)nc(N[C@]2(O)CC[C@H](CO)[C@H]2O)c1-c1nc2cnccc2s1. The van der Waals surface area contributed by atoms with E-state index >= 15 is 0 Å². The monoisotopic (exact) mass is 588 g/mol. The second-order valence-electron chi connectivity index (χ2n) is 11.0. The first kappa shape index (κ1) is 29.1. The Balaban J connectivity index is 1.49. The predicted octanol–water partition coefficient (Wildman–Crippen LogP) is 4.73. The highest BCUT2D eigenvalue weighted by atomic mass is 32.1. The maximum atomic E-state index is 13.3. The maximum absolute atomic E-state index is 13.3. The number of aromatic nitrogens is 4. The summed E-state index contributed by atoms with van der Waals surface area (Å²) in [6.07, 6.45) is -1.80. The van der Waals surface area contributed by atoms with Crippen LogP contribution < -0.4 is 10.6 Å². The molecule has 4 aromatic rings. The number of hydrogen-bond donors (Lipinski definition) is 5. The number of nitrogens with zero attached hydrogens (tertiary/aromatic N) is 4. The van der Waals surface area contributed by atoms with Gasteiger partial charge in [0, 0.05) is 30.7 Å². The minimum absolute atomic E-state index is 0.178. The third-order valence-electron chi connectivity index (χ3n) is 7.55. The van der Waals surface area contributed by atoms with E-state index in [0.717, 1.165) is 16.8 Å². The molecule has 3 atom stereocenters. The molecule has 5 N–H and O–H groups in total. The molecule has 0 unspecified atom stereocenters. The summed E-state index contributed by atoms with van der Waals surface area (Å²) in [5.41, 5.74) is -0.961. The van der Waals surface area contributed by atoms with Crippen LogP contribution in [0.25, 0.3) is 20.8 Å². The summed E-state index contributed by atoms with van der Waals surface area (Å²) in [6.45, 7) is 5.33. The number of hydrogen-bond acceptors (Lipinski definition) is 10. The molecular weight excluding hydrogens is 557 g/mol. The summed E-state index contributed by atoms with van der Waals surface area (Å²) in [6, 6.07) is 7.05. The van der Waals surface area contributed by atoms with E-state index in [1.54, 1.807) is 25.4 Å². The summed E-state index contributed by atoms with van der Waals surface area (Å²) in [5.74, 6) is -0.0892. The number of thiazole rings is 1. The quantitative estimate of drug-likeness (QED) is 0.185. The van der Waals surface area contributed by atoms with Crippen LogP contribution in [0, 0.1) is 12.8 Å². The van der Waals surface area contributed by atoms with Gasteiger partial charge in [-0.25, -0.2) is 9.97 Å². The lowest BCUT2D eigenvalue weighted by Crippen LogP contribution is -2.48. The molecule has 5 rings (SSSR count). The fourth-order valence-corrected chi connectivity index (χ4v) is 6.07. The van der Waals surface area contributed by atoms with Crippen LogP contribution >= 0.6 is 11.3 Å². The minimum atomic E-state index is -4.45. The molecule has 0 saturated heterocycles. The smallest absolute Gasteiger partial charge is 0.396 e. The van der Waals surface area contributed by atoms with Gasteiger partial charge in [-0.05, 0) is 37.5 Å². The van der Waals surface area contributed by atoms with Gasteiger partial charge in [0.25, 0.3) is 0 Å². The molecule has 0 aliphatic heterocycles. The van der Waals surface area contributed by atoms with Crippen molar-refractivity contribution >= 4 is 33.3 Å². The Kier molecular flexibility index (Phi) is 7.66. The van der Waals surface area contributed by atoms with E-state index in [1.165, 1.54) is 17.4 Å². The topological polar surface area (TPSA) is 136 Å². The molecule has 3 aromatic heterocycles. The van der Waals surface area contributed by atoms with Crippen LogP contribution in [0.3, 0.4) is 0 Å². The number of nitrogens with one attached hydrogen (secondary N) is 2. The number of benzene rings is 1. The average Bonchev–Trinajstić information content (AvgIpc) is 3.47. The second-order valence-corrected chi connectivity index (χ2v) is 12.0. The van der Waals surface area contributed by atoms with E-state index < -0.39 is 34.9 Å². The Morgan fingerprint density at radius 1 is 1.12 bits per heavy atom. The van der Waals surface area contributed by atoms with Crippen molar-refractivity contribution in [3.63, 3.8) is 0 Å². The van der Waals surface area contributed by atoms with Crippen molar-refractivity contribution in [2.24, 2.45) is 5.92 Å². The van der Waals surface area contributed by atoms with Gasteiger partial charge in [-0.1, -0.05) is 32.0 Å². The number of aliphatic hydroxyl groups is 3. The van der Waals surface area contributed by atoms with Crippen molar-refractivity contribution in [2.75, 3.05) is 23.8 Å². The van der Waals surface area contributed by atoms with Crippen molar-refractivity contribution in [1.82, 2.24) is 19.9 Å². The van der Waals surface area contributed by atoms with Crippen molar-refractivity contribution in [2.45, 2.75) is 57.0 Å². The Hall–Kier alpha value is -3.39. The van der Waals surface area contributed by atoms with Gasteiger partial charge in [-0.2, -0.15) is 18.2 Å². The zero-order chi connectivity index (χ0) is 29.6. The predicted molar refractivity (Wildman–Crippen MR) is 151 cm³/mol. The normalized spacial score (nSPS) is 21.4. The average molecular weight is 589 g/mol. The van der Waals surface area contributed by atoms with Gasteiger partial charge >= 0.3 is 6.18 Å². The summed E-state index contributed by atoms with van der Waals surface area (Å²) in [4.78, 5) is 18.0. The summed E-state index contributed by atoms with van der Waals surface area (Å²) in [5, 5.41) is 38.5. The van der Waals surface area contributed by atoms with Crippen LogP contribution in [-0.4, -0.2) is 60.2 Å². The van der Waals surface area contributed by atoms with Gasteiger partial charge in [0.2, 0.25) is 5.95 Å². The lowest BCUT2D eigenvalue weighted by molar-refractivity contribution is -0.137. The highest BCUT2D eigenvalue weighted by molar-refractivity contribution is 7.21. The molecule has 0 bridgehead atoms. The number of alkyl halides is 3. The molecular formula is C28H31F3N6O3S. The number of rotatable bonds is 8. The number of aliphatic hydroxyl groups excluding tert-OH is 2. The van der Waals surface area contributed by atoms with Crippen LogP contribution in [-0.2, 0) is 11.6 Å². The first-order valence-corrected chi connectivity index (χ1v) is 13.9. The molecule has 218 valence electrons. The van der Waals surface area contributed by atoms with E-state index in [-0.39, 0.29) is 31.3 Å².